The number of hydrogen-bond donors (Lipinski definition) is 1. The van der Waals surface area contributed by atoms with Crippen molar-refractivity contribution in [2.75, 3.05) is 16.8 Å². The largest absolute Gasteiger partial charge is 0.332 e. The van der Waals surface area contributed by atoms with Crippen molar-refractivity contribution in [3.63, 3.8) is 0 Å². The molecule has 3 aromatic carbocycles. The van der Waals surface area contributed by atoms with Crippen molar-refractivity contribution in [1.82, 2.24) is 4.90 Å². The van der Waals surface area contributed by atoms with Crippen LogP contribution < -0.4 is 10.2 Å². The maximum absolute atomic E-state index is 13.0. The number of carbonyl (C=O) groups excluding carboxylic acids is 3. The minimum Gasteiger partial charge on any atom is -0.324 e. The second-order valence-electron chi connectivity index (χ2n) is 7.96. The summed E-state index contributed by atoms with van der Waals surface area (Å²) in [5.41, 5.74) is 4.45. The molecule has 1 aliphatic rings. The number of para-hydroxylation sites is 1. The molecular formula is C26H25N3O3. The molecule has 0 unspecified atom stereocenters. The third kappa shape index (κ3) is 4.39. The highest BCUT2D eigenvalue weighted by Gasteiger charge is 2.44. The summed E-state index contributed by atoms with van der Waals surface area (Å²) in [4.78, 5) is 40.9. The summed E-state index contributed by atoms with van der Waals surface area (Å²) in [5, 5.41) is 2.87. The fourth-order valence-electron chi connectivity index (χ4n) is 3.86. The van der Waals surface area contributed by atoms with Crippen molar-refractivity contribution >= 4 is 29.2 Å². The van der Waals surface area contributed by atoms with Gasteiger partial charge >= 0.3 is 6.03 Å². The van der Waals surface area contributed by atoms with Crippen LogP contribution in [0.4, 0.5) is 16.2 Å². The van der Waals surface area contributed by atoms with E-state index in [0.29, 0.717) is 17.8 Å². The van der Waals surface area contributed by atoms with Crippen molar-refractivity contribution in [1.29, 1.82) is 0 Å². The molecule has 6 nitrogen and oxygen atoms in total. The Morgan fingerprint density at radius 2 is 1.56 bits per heavy atom. The third-order valence-electron chi connectivity index (χ3n) is 5.59. The lowest BCUT2D eigenvalue weighted by molar-refractivity contribution is -0.130. The van der Waals surface area contributed by atoms with Crippen LogP contribution in [0.3, 0.4) is 0 Å². The lowest BCUT2D eigenvalue weighted by Crippen LogP contribution is -2.39. The van der Waals surface area contributed by atoms with Crippen LogP contribution in [-0.2, 0) is 16.0 Å². The van der Waals surface area contributed by atoms with E-state index in [1.54, 1.807) is 19.1 Å². The van der Waals surface area contributed by atoms with E-state index < -0.39 is 18.0 Å². The normalized spacial score (nSPS) is 15.9. The number of urea groups is 1. The maximum Gasteiger partial charge on any atom is 0.332 e. The molecule has 4 amide bonds. The first kappa shape index (κ1) is 21.3. The highest BCUT2D eigenvalue weighted by Crippen LogP contribution is 2.26. The van der Waals surface area contributed by atoms with Crippen molar-refractivity contribution in [2.45, 2.75) is 26.3 Å². The molecular weight excluding hydrogens is 402 g/mol. The number of nitrogens with zero attached hydrogens (tertiary/aromatic N) is 2. The first-order valence-electron chi connectivity index (χ1n) is 10.6. The smallest absolute Gasteiger partial charge is 0.324 e. The van der Waals surface area contributed by atoms with E-state index in [-0.39, 0.29) is 12.5 Å². The quantitative estimate of drug-likeness (QED) is 0.594. The zero-order valence-corrected chi connectivity index (χ0v) is 18.1. The lowest BCUT2D eigenvalue weighted by atomic mass is 10.0. The maximum atomic E-state index is 13.0. The molecule has 162 valence electrons. The molecule has 1 heterocycles. The zero-order valence-electron chi connectivity index (χ0n) is 18.1. The summed E-state index contributed by atoms with van der Waals surface area (Å²) >= 11 is 0. The van der Waals surface area contributed by atoms with Gasteiger partial charge in [0.15, 0.2) is 0 Å². The van der Waals surface area contributed by atoms with Gasteiger partial charge < -0.3 is 5.32 Å². The van der Waals surface area contributed by atoms with Gasteiger partial charge in [-0.25, -0.2) is 4.79 Å². The van der Waals surface area contributed by atoms with E-state index in [4.69, 9.17) is 0 Å². The van der Waals surface area contributed by atoms with Crippen LogP contribution >= 0.6 is 0 Å². The first-order chi connectivity index (χ1) is 15.4. The molecule has 1 N–H and O–H groups in total. The molecule has 0 saturated carbocycles. The van der Waals surface area contributed by atoms with Gasteiger partial charge in [-0.3, -0.25) is 19.4 Å². The number of hydrogen-bond acceptors (Lipinski definition) is 3. The number of aryl methyl sites for hydroxylation is 1. The molecule has 4 rings (SSSR count). The Balaban J connectivity index is 1.47. The molecule has 1 aliphatic heterocycles. The number of anilines is 2. The SMILES string of the molecule is Cc1ccc(N2C(=O)N(CC(=O)Nc3ccccc3Cc3ccccc3)C(=O)[C@H]2C)cc1. The van der Waals surface area contributed by atoms with Crippen molar-refractivity contribution < 1.29 is 14.4 Å². The van der Waals surface area contributed by atoms with Crippen molar-refractivity contribution in [3.8, 4) is 0 Å². The second-order valence-corrected chi connectivity index (χ2v) is 7.96. The Hall–Kier alpha value is -3.93. The van der Waals surface area contributed by atoms with Crippen LogP contribution in [0.1, 0.15) is 23.6 Å². The summed E-state index contributed by atoms with van der Waals surface area (Å²) in [6.45, 7) is 3.30. The van der Waals surface area contributed by atoms with Gasteiger partial charge in [0.25, 0.3) is 5.91 Å². The lowest BCUT2D eigenvalue weighted by Gasteiger charge is -2.19. The van der Waals surface area contributed by atoms with Gasteiger partial charge in [-0.15, -0.1) is 0 Å². The van der Waals surface area contributed by atoms with Crippen LogP contribution in [0.15, 0.2) is 78.9 Å². The van der Waals surface area contributed by atoms with Crippen molar-refractivity contribution in [2.24, 2.45) is 0 Å². The molecule has 0 aliphatic carbocycles. The fourth-order valence-corrected chi connectivity index (χ4v) is 3.86. The van der Waals surface area contributed by atoms with Crippen LogP contribution in [0.5, 0.6) is 0 Å². The van der Waals surface area contributed by atoms with Gasteiger partial charge in [0, 0.05) is 11.4 Å². The van der Waals surface area contributed by atoms with Crippen LogP contribution in [0, 0.1) is 6.92 Å². The molecule has 1 saturated heterocycles. The molecule has 32 heavy (non-hydrogen) atoms. The predicted molar refractivity (Wildman–Crippen MR) is 125 cm³/mol. The summed E-state index contributed by atoms with van der Waals surface area (Å²) < 4.78 is 0. The van der Waals surface area contributed by atoms with Gasteiger partial charge in [0.05, 0.1) is 0 Å². The molecule has 0 radical (unpaired) electrons. The zero-order chi connectivity index (χ0) is 22.7. The standard InChI is InChI=1S/C26H25N3O3/c1-18-12-14-22(15-13-18)29-19(2)25(31)28(26(29)32)17-24(30)27-23-11-7-6-10-21(23)16-20-8-4-3-5-9-20/h3-15,19H,16-17H2,1-2H3,(H,27,30)/t19-/m1/s1. The van der Waals surface area contributed by atoms with Crippen molar-refractivity contribution in [3.05, 3.63) is 95.6 Å². The number of imide groups is 1. The third-order valence-corrected chi connectivity index (χ3v) is 5.59. The van der Waals surface area contributed by atoms with E-state index in [2.05, 4.69) is 5.32 Å². The fraction of sp³-hybridized carbons (Fsp3) is 0.192. The summed E-state index contributed by atoms with van der Waals surface area (Å²) in [5.74, 6) is -0.798. The van der Waals surface area contributed by atoms with E-state index in [0.717, 1.165) is 21.6 Å². The Morgan fingerprint density at radius 3 is 2.28 bits per heavy atom. The average Bonchev–Trinajstić information content (AvgIpc) is 3.00. The van der Waals surface area contributed by atoms with Crippen LogP contribution in [0.25, 0.3) is 0 Å². The molecule has 1 atom stereocenters. The topological polar surface area (TPSA) is 69.7 Å². The van der Waals surface area contributed by atoms with E-state index in [1.165, 1.54) is 4.90 Å². The molecule has 6 heteroatoms. The number of rotatable bonds is 6. The minimum absolute atomic E-state index is 0.329. The highest BCUT2D eigenvalue weighted by molar-refractivity contribution is 6.16. The van der Waals surface area contributed by atoms with Crippen LogP contribution in [0.2, 0.25) is 0 Å². The summed E-state index contributed by atoms with van der Waals surface area (Å²) in [7, 11) is 0. The van der Waals surface area contributed by atoms with Gasteiger partial charge in [-0.2, -0.15) is 0 Å². The predicted octanol–water partition coefficient (Wildman–Crippen LogP) is 4.38. The Morgan fingerprint density at radius 1 is 0.906 bits per heavy atom. The van der Waals surface area contributed by atoms with Gasteiger partial charge in [-0.1, -0.05) is 66.2 Å². The molecule has 0 bridgehead atoms. The second kappa shape index (κ2) is 9.06. The van der Waals surface area contributed by atoms with E-state index in [1.807, 2.05) is 73.7 Å². The van der Waals surface area contributed by atoms with Gasteiger partial charge in [0.2, 0.25) is 5.91 Å². The highest BCUT2D eigenvalue weighted by atomic mass is 16.2. The minimum atomic E-state index is -0.664. The molecule has 1 fully saturated rings. The average molecular weight is 428 g/mol. The van der Waals surface area contributed by atoms with Gasteiger partial charge in [-0.05, 0) is 49.6 Å². The number of benzene rings is 3. The first-order valence-corrected chi connectivity index (χ1v) is 10.6. The van der Waals surface area contributed by atoms with E-state index >= 15 is 0 Å². The molecule has 3 aromatic rings. The number of nitrogens with one attached hydrogen (secondary N) is 1. The summed E-state index contributed by atoms with van der Waals surface area (Å²) in [6.07, 6.45) is 0.664. The Bertz CT molecular complexity index is 1140. The summed E-state index contributed by atoms with van der Waals surface area (Å²) in [6, 6.07) is 23.7. The Labute approximate surface area is 187 Å². The number of carbonyl (C=O) groups is 3. The molecule has 0 aromatic heterocycles. The Kier molecular flexibility index (Phi) is 6.03. The molecule has 0 spiro atoms. The van der Waals surface area contributed by atoms with E-state index in [9.17, 15) is 14.4 Å². The van der Waals surface area contributed by atoms with Gasteiger partial charge in [0.1, 0.15) is 12.6 Å². The monoisotopic (exact) mass is 427 g/mol. The van der Waals surface area contributed by atoms with Crippen LogP contribution in [-0.4, -0.2) is 35.3 Å². The number of amides is 4.